The number of amides is 1. The molecule has 1 aliphatic rings. The predicted octanol–water partition coefficient (Wildman–Crippen LogP) is 2.06. The molecule has 0 saturated carbocycles. The maximum Gasteiger partial charge on any atom is 0.219 e. The van der Waals surface area contributed by atoms with Gasteiger partial charge in [-0.3, -0.25) is 9.69 Å². The summed E-state index contributed by atoms with van der Waals surface area (Å²) in [7, 11) is 0. The standard InChI is InChI=1S/C13H20BrN3OS/c1-9(15)13(11-3-4-12(14)19-11)17-7-5-16(6-8-17)10(2)18/h3-4,9,13H,5-8,15H2,1-2H3. The van der Waals surface area contributed by atoms with Gasteiger partial charge >= 0.3 is 0 Å². The fourth-order valence-corrected chi connectivity index (χ4v) is 4.25. The number of hydrogen-bond donors (Lipinski definition) is 1. The van der Waals surface area contributed by atoms with Gasteiger partial charge in [-0.1, -0.05) is 0 Å². The van der Waals surface area contributed by atoms with Crippen molar-refractivity contribution >= 4 is 33.2 Å². The van der Waals surface area contributed by atoms with Crippen LogP contribution in [-0.2, 0) is 4.79 Å². The molecule has 1 aromatic rings. The first-order chi connectivity index (χ1) is 8.99. The van der Waals surface area contributed by atoms with Crippen LogP contribution in [0.2, 0.25) is 0 Å². The molecule has 0 spiro atoms. The second-order valence-electron chi connectivity index (χ2n) is 4.99. The van der Waals surface area contributed by atoms with E-state index in [1.807, 2.05) is 4.90 Å². The van der Waals surface area contributed by atoms with E-state index >= 15 is 0 Å². The summed E-state index contributed by atoms with van der Waals surface area (Å²) in [5.41, 5.74) is 6.17. The van der Waals surface area contributed by atoms with Crippen LogP contribution in [0.25, 0.3) is 0 Å². The summed E-state index contributed by atoms with van der Waals surface area (Å²) >= 11 is 5.25. The molecule has 0 aromatic carbocycles. The molecule has 2 N–H and O–H groups in total. The third-order valence-electron chi connectivity index (χ3n) is 3.54. The molecule has 1 saturated heterocycles. The molecule has 0 aliphatic carbocycles. The molecule has 1 fully saturated rings. The zero-order valence-electron chi connectivity index (χ0n) is 11.3. The number of carbonyl (C=O) groups excluding carboxylic acids is 1. The Morgan fingerprint density at radius 3 is 2.42 bits per heavy atom. The van der Waals surface area contributed by atoms with Crippen molar-refractivity contribution in [3.63, 3.8) is 0 Å². The van der Waals surface area contributed by atoms with Gasteiger partial charge in [0.15, 0.2) is 0 Å². The Kier molecular flexibility index (Phi) is 5.00. The van der Waals surface area contributed by atoms with Gasteiger partial charge < -0.3 is 10.6 Å². The summed E-state index contributed by atoms with van der Waals surface area (Å²) in [5.74, 6) is 0.163. The number of piperazine rings is 1. The van der Waals surface area contributed by atoms with Crippen molar-refractivity contribution in [3.05, 3.63) is 20.8 Å². The molecule has 0 radical (unpaired) electrons. The minimum atomic E-state index is 0.0782. The molecule has 2 atom stereocenters. The van der Waals surface area contributed by atoms with Gasteiger partial charge in [0, 0.05) is 44.0 Å². The van der Waals surface area contributed by atoms with E-state index in [0.717, 1.165) is 30.0 Å². The third kappa shape index (κ3) is 3.56. The molecule has 6 heteroatoms. The maximum atomic E-state index is 11.4. The lowest BCUT2D eigenvalue weighted by Gasteiger charge is -2.40. The Morgan fingerprint density at radius 1 is 1.37 bits per heavy atom. The van der Waals surface area contributed by atoms with Crippen LogP contribution >= 0.6 is 27.3 Å². The molecule has 1 amide bonds. The summed E-state index contributed by atoms with van der Waals surface area (Å²) in [6.45, 7) is 7.06. The van der Waals surface area contributed by atoms with E-state index < -0.39 is 0 Å². The second kappa shape index (κ2) is 6.35. The van der Waals surface area contributed by atoms with Gasteiger partial charge in [0.2, 0.25) is 5.91 Å². The molecule has 2 rings (SSSR count). The Bertz CT molecular complexity index is 441. The molecule has 2 unspecified atom stereocenters. The van der Waals surface area contributed by atoms with E-state index in [9.17, 15) is 4.79 Å². The normalized spacial score (nSPS) is 20.3. The molecule has 1 aliphatic heterocycles. The lowest BCUT2D eigenvalue weighted by atomic mass is 10.1. The Balaban J connectivity index is 2.07. The number of thiophene rings is 1. The molecule has 1 aromatic heterocycles. The Labute approximate surface area is 126 Å². The van der Waals surface area contributed by atoms with Gasteiger partial charge in [0.05, 0.1) is 9.83 Å². The number of nitrogens with two attached hydrogens (primary N) is 1. The molecule has 4 nitrogen and oxygen atoms in total. The van der Waals surface area contributed by atoms with E-state index in [0.29, 0.717) is 0 Å². The van der Waals surface area contributed by atoms with Crippen molar-refractivity contribution in [2.45, 2.75) is 25.9 Å². The highest BCUT2D eigenvalue weighted by molar-refractivity contribution is 9.11. The van der Waals surface area contributed by atoms with Gasteiger partial charge in [-0.15, -0.1) is 11.3 Å². The minimum Gasteiger partial charge on any atom is -0.340 e. The van der Waals surface area contributed by atoms with Crippen LogP contribution in [0.1, 0.15) is 24.8 Å². The van der Waals surface area contributed by atoms with E-state index in [4.69, 9.17) is 5.73 Å². The molecule has 106 valence electrons. The van der Waals surface area contributed by atoms with Crippen LogP contribution in [0.5, 0.6) is 0 Å². The van der Waals surface area contributed by atoms with Crippen molar-refractivity contribution < 1.29 is 4.79 Å². The number of carbonyl (C=O) groups is 1. The van der Waals surface area contributed by atoms with Crippen molar-refractivity contribution in [1.82, 2.24) is 9.80 Å². The number of rotatable bonds is 3. The second-order valence-corrected chi connectivity index (χ2v) is 7.48. The van der Waals surface area contributed by atoms with Crippen LogP contribution in [0.3, 0.4) is 0 Å². The fourth-order valence-electron chi connectivity index (χ4n) is 2.57. The first-order valence-electron chi connectivity index (χ1n) is 6.49. The highest BCUT2D eigenvalue weighted by atomic mass is 79.9. The Hall–Kier alpha value is -0.430. The van der Waals surface area contributed by atoms with Crippen LogP contribution in [0.4, 0.5) is 0 Å². The maximum absolute atomic E-state index is 11.4. The van der Waals surface area contributed by atoms with Crippen molar-refractivity contribution in [2.75, 3.05) is 26.2 Å². The highest BCUT2D eigenvalue weighted by Crippen LogP contribution is 2.32. The molecule has 2 heterocycles. The molecular weight excluding hydrogens is 326 g/mol. The lowest BCUT2D eigenvalue weighted by molar-refractivity contribution is -0.130. The van der Waals surface area contributed by atoms with Gasteiger partial charge in [-0.05, 0) is 35.0 Å². The first-order valence-corrected chi connectivity index (χ1v) is 8.10. The van der Waals surface area contributed by atoms with E-state index in [2.05, 4.69) is 39.9 Å². The number of halogens is 1. The zero-order chi connectivity index (χ0) is 14.0. The zero-order valence-corrected chi connectivity index (χ0v) is 13.7. The van der Waals surface area contributed by atoms with Crippen LogP contribution in [-0.4, -0.2) is 47.9 Å². The quantitative estimate of drug-likeness (QED) is 0.912. The van der Waals surface area contributed by atoms with Crippen molar-refractivity contribution in [2.24, 2.45) is 5.73 Å². The van der Waals surface area contributed by atoms with Crippen molar-refractivity contribution in [1.29, 1.82) is 0 Å². The molecule has 0 bridgehead atoms. The number of nitrogens with zero attached hydrogens (tertiary/aromatic N) is 2. The van der Waals surface area contributed by atoms with Gasteiger partial charge in [0.1, 0.15) is 0 Å². The van der Waals surface area contributed by atoms with Crippen LogP contribution in [0.15, 0.2) is 15.9 Å². The van der Waals surface area contributed by atoms with Crippen molar-refractivity contribution in [3.8, 4) is 0 Å². The monoisotopic (exact) mass is 345 g/mol. The number of hydrogen-bond acceptors (Lipinski definition) is 4. The largest absolute Gasteiger partial charge is 0.340 e. The summed E-state index contributed by atoms with van der Waals surface area (Å²) in [6, 6.07) is 4.53. The van der Waals surface area contributed by atoms with E-state index in [1.165, 1.54) is 4.88 Å². The molecule has 19 heavy (non-hydrogen) atoms. The smallest absolute Gasteiger partial charge is 0.219 e. The fraction of sp³-hybridized carbons (Fsp3) is 0.615. The summed E-state index contributed by atoms with van der Waals surface area (Å²) in [4.78, 5) is 16.9. The lowest BCUT2D eigenvalue weighted by Crippen LogP contribution is -2.51. The average Bonchev–Trinajstić information content (AvgIpc) is 2.76. The first kappa shape index (κ1) is 15.0. The summed E-state index contributed by atoms with van der Waals surface area (Å²) < 4.78 is 1.13. The minimum absolute atomic E-state index is 0.0782. The van der Waals surface area contributed by atoms with Gasteiger partial charge in [-0.25, -0.2) is 0 Å². The van der Waals surface area contributed by atoms with Crippen LogP contribution < -0.4 is 5.73 Å². The predicted molar refractivity (Wildman–Crippen MR) is 82.2 cm³/mol. The highest BCUT2D eigenvalue weighted by Gasteiger charge is 2.29. The molecular formula is C13H20BrN3OS. The average molecular weight is 346 g/mol. The van der Waals surface area contributed by atoms with Gasteiger partial charge in [0.25, 0.3) is 0 Å². The SMILES string of the molecule is CC(=O)N1CCN(C(c2ccc(Br)s2)C(C)N)CC1. The summed E-state index contributed by atoms with van der Waals surface area (Å²) in [6.07, 6.45) is 0. The summed E-state index contributed by atoms with van der Waals surface area (Å²) in [5, 5.41) is 0. The van der Waals surface area contributed by atoms with E-state index in [1.54, 1.807) is 18.3 Å². The van der Waals surface area contributed by atoms with Crippen LogP contribution in [0, 0.1) is 0 Å². The van der Waals surface area contributed by atoms with E-state index in [-0.39, 0.29) is 18.0 Å². The third-order valence-corrected chi connectivity index (χ3v) is 5.23. The topological polar surface area (TPSA) is 49.6 Å². The van der Waals surface area contributed by atoms with Gasteiger partial charge in [-0.2, -0.15) is 0 Å². The Morgan fingerprint density at radius 2 is 2.00 bits per heavy atom.